The minimum absolute atomic E-state index is 0.132. The zero-order valence-electron chi connectivity index (χ0n) is 8.70. The molecular formula is C8H17NO4S. The molecule has 0 fully saturated rings. The predicted molar refractivity (Wildman–Crippen MR) is 53.5 cm³/mol. The molecule has 0 aliphatic heterocycles. The van der Waals surface area contributed by atoms with E-state index < -0.39 is 15.5 Å². The molecule has 0 saturated heterocycles. The average Bonchev–Trinajstić information content (AvgIpc) is 1.93. The van der Waals surface area contributed by atoms with Crippen LogP contribution in [0.1, 0.15) is 27.2 Å². The molecule has 0 atom stereocenters. The normalized spacial score (nSPS) is 12.6. The molecule has 2 N–H and O–H groups in total. The lowest BCUT2D eigenvalue weighted by atomic mass is 9.96. The predicted octanol–water partition coefficient (Wildman–Crippen LogP) is 0.427. The zero-order valence-corrected chi connectivity index (χ0v) is 9.52. The van der Waals surface area contributed by atoms with E-state index in [1.54, 1.807) is 20.8 Å². The van der Waals surface area contributed by atoms with Crippen molar-refractivity contribution in [2.45, 2.75) is 27.2 Å². The van der Waals surface area contributed by atoms with Gasteiger partial charge in [-0.05, 0) is 6.42 Å². The lowest BCUT2D eigenvalue weighted by Gasteiger charge is -2.17. The molecule has 0 spiro atoms. The third kappa shape index (κ3) is 6.85. The van der Waals surface area contributed by atoms with E-state index in [-0.39, 0.29) is 24.6 Å². The molecule has 0 aromatic rings. The number of rotatable bonds is 4. The van der Waals surface area contributed by atoms with E-state index in [1.807, 2.05) is 0 Å². The second-order valence-corrected chi connectivity index (χ2v) is 5.72. The first-order chi connectivity index (χ1) is 6.13. The summed E-state index contributed by atoms with van der Waals surface area (Å²) in [6.07, 6.45) is 0.223. The number of amides is 1. The van der Waals surface area contributed by atoms with E-state index in [0.29, 0.717) is 0 Å². The molecule has 0 radical (unpaired) electrons. The summed E-state index contributed by atoms with van der Waals surface area (Å²) in [5, 5.41) is 2.58. The molecular weight excluding hydrogens is 206 g/mol. The van der Waals surface area contributed by atoms with E-state index >= 15 is 0 Å². The van der Waals surface area contributed by atoms with Gasteiger partial charge in [-0.3, -0.25) is 9.35 Å². The molecule has 0 saturated carbocycles. The van der Waals surface area contributed by atoms with Crippen molar-refractivity contribution in [2.75, 3.05) is 12.3 Å². The molecule has 0 aliphatic carbocycles. The van der Waals surface area contributed by atoms with Crippen molar-refractivity contribution >= 4 is 16.0 Å². The second-order valence-electron chi connectivity index (χ2n) is 4.15. The lowest BCUT2D eigenvalue weighted by molar-refractivity contribution is -0.128. The van der Waals surface area contributed by atoms with Gasteiger partial charge in [0.05, 0.1) is 5.75 Å². The maximum atomic E-state index is 11.3. The van der Waals surface area contributed by atoms with Crippen LogP contribution < -0.4 is 5.32 Å². The average molecular weight is 223 g/mol. The minimum atomic E-state index is -3.91. The monoisotopic (exact) mass is 223 g/mol. The molecule has 0 heterocycles. The summed E-state index contributed by atoms with van der Waals surface area (Å²) in [5.74, 6) is -0.454. The third-order valence-electron chi connectivity index (χ3n) is 1.55. The first-order valence-corrected chi connectivity index (χ1v) is 5.97. The number of carbonyl (C=O) groups is 1. The van der Waals surface area contributed by atoms with Crippen LogP contribution in [0.25, 0.3) is 0 Å². The maximum absolute atomic E-state index is 11.3. The molecule has 14 heavy (non-hydrogen) atoms. The molecule has 0 aromatic heterocycles. The highest BCUT2D eigenvalue weighted by atomic mass is 32.2. The van der Waals surface area contributed by atoms with Crippen LogP contribution in [0.15, 0.2) is 0 Å². The summed E-state index contributed by atoms with van der Waals surface area (Å²) in [6, 6.07) is 0. The summed E-state index contributed by atoms with van der Waals surface area (Å²) in [6.45, 7) is 5.57. The van der Waals surface area contributed by atoms with Crippen molar-refractivity contribution in [1.29, 1.82) is 0 Å². The highest BCUT2D eigenvalue weighted by molar-refractivity contribution is 7.85. The van der Waals surface area contributed by atoms with Gasteiger partial charge < -0.3 is 5.32 Å². The summed E-state index contributed by atoms with van der Waals surface area (Å²) in [7, 11) is -3.91. The Labute approximate surface area is 84.6 Å². The Hall–Kier alpha value is -0.620. The first-order valence-electron chi connectivity index (χ1n) is 4.36. The fraction of sp³-hybridized carbons (Fsp3) is 0.875. The van der Waals surface area contributed by atoms with Gasteiger partial charge in [-0.15, -0.1) is 0 Å². The van der Waals surface area contributed by atoms with Crippen LogP contribution in [0.5, 0.6) is 0 Å². The molecule has 0 rings (SSSR count). The van der Waals surface area contributed by atoms with Gasteiger partial charge in [0.15, 0.2) is 0 Å². The molecule has 5 nitrogen and oxygen atoms in total. The van der Waals surface area contributed by atoms with Crippen molar-refractivity contribution in [2.24, 2.45) is 5.41 Å². The van der Waals surface area contributed by atoms with Crippen LogP contribution in [0.2, 0.25) is 0 Å². The van der Waals surface area contributed by atoms with E-state index in [2.05, 4.69) is 5.32 Å². The molecule has 6 heteroatoms. The molecule has 84 valence electrons. The Morgan fingerprint density at radius 2 is 1.86 bits per heavy atom. The summed E-state index contributed by atoms with van der Waals surface area (Å²) < 4.78 is 29.0. The third-order valence-corrected chi connectivity index (χ3v) is 2.35. The second kappa shape index (κ2) is 4.75. The van der Waals surface area contributed by atoms with Crippen LogP contribution in [-0.2, 0) is 14.9 Å². The zero-order chi connectivity index (χ0) is 11.4. The van der Waals surface area contributed by atoms with E-state index in [9.17, 15) is 13.2 Å². The van der Waals surface area contributed by atoms with E-state index in [1.165, 1.54) is 0 Å². The largest absolute Gasteiger partial charge is 0.356 e. The van der Waals surface area contributed by atoms with Crippen LogP contribution in [0, 0.1) is 5.41 Å². The molecule has 0 bridgehead atoms. The van der Waals surface area contributed by atoms with Gasteiger partial charge in [-0.1, -0.05) is 20.8 Å². The highest BCUT2D eigenvalue weighted by Gasteiger charge is 2.20. The quantitative estimate of drug-likeness (QED) is 0.534. The lowest BCUT2D eigenvalue weighted by Crippen LogP contribution is -2.35. The standard InChI is InChI=1S/C8H17NO4S/c1-8(2,3)7(10)9-5-4-6-14(11,12)13/h4-6H2,1-3H3,(H,9,10)(H,11,12,13). The Kier molecular flexibility index (Phi) is 4.54. The fourth-order valence-electron chi connectivity index (χ4n) is 0.722. The highest BCUT2D eigenvalue weighted by Crippen LogP contribution is 2.11. The molecule has 0 unspecified atom stereocenters. The Morgan fingerprint density at radius 1 is 1.36 bits per heavy atom. The Morgan fingerprint density at radius 3 is 2.21 bits per heavy atom. The van der Waals surface area contributed by atoms with Crippen molar-refractivity contribution in [3.63, 3.8) is 0 Å². The van der Waals surface area contributed by atoms with Gasteiger partial charge in [0.2, 0.25) is 5.91 Å². The van der Waals surface area contributed by atoms with E-state index in [4.69, 9.17) is 4.55 Å². The Bertz CT molecular complexity index is 289. The topological polar surface area (TPSA) is 83.5 Å². The summed E-state index contributed by atoms with van der Waals surface area (Å²) >= 11 is 0. The summed E-state index contributed by atoms with van der Waals surface area (Å²) in [4.78, 5) is 11.3. The van der Waals surface area contributed by atoms with Crippen molar-refractivity contribution in [1.82, 2.24) is 5.32 Å². The van der Waals surface area contributed by atoms with Gasteiger partial charge in [-0.2, -0.15) is 8.42 Å². The minimum Gasteiger partial charge on any atom is -0.356 e. The van der Waals surface area contributed by atoms with Crippen molar-refractivity contribution < 1.29 is 17.8 Å². The van der Waals surface area contributed by atoms with Gasteiger partial charge >= 0.3 is 0 Å². The van der Waals surface area contributed by atoms with Crippen LogP contribution >= 0.6 is 0 Å². The van der Waals surface area contributed by atoms with Crippen molar-refractivity contribution in [3.8, 4) is 0 Å². The number of hydrogen-bond acceptors (Lipinski definition) is 3. The summed E-state index contributed by atoms with van der Waals surface area (Å²) in [5.41, 5.74) is -0.474. The van der Waals surface area contributed by atoms with Gasteiger partial charge in [-0.25, -0.2) is 0 Å². The number of carbonyl (C=O) groups excluding carboxylic acids is 1. The first kappa shape index (κ1) is 13.4. The van der Waals surface area contributed by atoms with Gasteiger partial charge in [0, 0.05) is 12.0 Å². The maximum Gasteiger partial charge on any atom is 0.264 e. The number of hydrogen-bond donors (Lipinski definition) is 2. The van der Waals surface area contributed by atoms with Crippen LogP contribution in [0.3, 0.4) is 0 Å². The van der Waals surface area contributed by atoms with Crippen molar-refractivity contribution in [3.05, 3.63) is 0 Å². The van der Waals surface area contributed by atoms with E-state index in [0.717, 1.165) is 0 Å². The SMILES string of the molecule is CC(C)(C)C(=O)NCCCS(=O)(=O)O. The molecule has 1 amide bonds. The van der Waals surface area contributed by atoms with Gasteiger partial charge in [0.1, 0.15) is 0 Å². The van der Waals surface area contributed by atoms with Crippen LogP contribution in [0.4, 0.5) is 0 Å². The number of nitrogens with one attached hydrogen (secondary N) is 1. The Balaban J connectivity index is 3.72. The molecule has 0 aliphatic rings. The van der Waals surface area contributed by atoms with Crippen LogP contribution in [-0.4, -0.2) is 31.2 Å². The van der Waals surface area contributed by atoms with Gasteiger partial charge in [0.25, 0.3) is 10.1 Å². The smallest absolute Gasteiger partial charge is 0.264 e. The molecule has 0 aromatic carbocycles. The fourth-order valence-corrected chi connectivity index (χ4v) is 1.23.